The smallest absolute Gasteiger partial charge is 0.472 e. The lowest BCUT2D eigenvalue weighted by Gasteiger charge is -2.27. The zero-order valence-electron chi connectivity index (χ0n) is 29.4. The third-order valence-corrected chi connectivity index (χ3v) is 14.0. The van der Waals surface area contributed by atoms with E-state index in [1.165, 1.54) is 47.3 Å². The second-order valence-electron chi connectivity index (χ2n) is 13.1. The number of nitrogens with two attached hydrogens (primary N) is 1. The van der Waals surface area contributed by atoms with Gasteiger partial charge in [0.2, 0.25) is 0 Å². The summed E-state index contributed by atoms with van der Waals surface area (Å²) in [5.41, 5.74) is 5.41. The number of benzene rings is 2. The second-order valence-corrected chi connectivity index (χ2v) is 18.5. The molecule has 0 aliphatic carbocycles. The van der Waals surface area contributed by atoms with Crippen molar-refractivity contribution in [1.82, 2.24) is 29.1 Å². The van der Waals surface area contributed by atoms with Crippen LogP contribution in [0.3, 0.4) is 0 Å². The van der Waals surface area contributed by atoms with Crippen LogP contribution < -0.4 is 17.0 Å². The number of imidazole rings is 1. The molecule has 10 atom stereocenters. The van der Waals surface area contributed by atoms with Crippen LogP contribution in [-0.4, -0.2) is 94.8 Å². The molecule has 6 heterocycles. The Morgan fingerprint density at radius 3 is 2.29 bits per heavy atom. The topological polar surface area (TPSA) is 272 Å². The predicted molar refractivity (Wildman–Crippen MR) is 197 cm³/mol. The first kappa shape index (κ1) is 40.1. The van der Waals surface area contributed by atoms with E-state index in [0.717, 1.165) is 18.6 Å². The maximum Gasteiger partial charge on any atom is 0.472 e. The molecule has 306 valence electrons. The average molecular weight is 866 g/mol. The first-order valence-corrected chi connectivity index (χ1v) is 21.8. The number of fused-ring (bicyclic) bond motifs is 4. The fraction of sp³-hybridized carbons (Fsp3) is 0.333. The number of hydrogen-bond acceptors (Lipinski definition) is 17. The summed E-state index contributed by atoms with van der Waals surface area (Å²) >= 11 is 0.587. The number of aromatic hydroxyl groups is 1. The zero-order chi connectivity index (χ0) is 40.9. The van der Waals surface area contributed by atoms with Gasteiger partial charge in [0.15, 0.2) is 42.0 Å². The summed E-state index contributed by atoms with van der Waals surface area (Å²) in [5, 5.41) is 9.57. The van der Waals surface area contributed by atoms with Crippen molar-refractivity contribution in [1.29, 1.82) is 0 Å². The summed E-state index contributed by atoms with van der Waals surface area (Å²) < 4.78 is 96.4. The largest absolute Gasteiger partial charge is 0.508 e. The van der Waals surface area contributed by atoms with Crippen molar-refractivity contribution in [3.8, 4) is 5.75 Å². The number of carbonyl (C=O) groups excluding carboxylic acids is 1. The van der Waals surface area contributed by atoms with Gasteiger partial charge in [0.05, 0.1) is 19.5 Å². The number of anilines is 1. The van der Waals surface area contributed by atoms with Crippen LogP contribution in [0.1, 0.15) is 33.9 Å². The van der Waals surface area contributed by atoms with Crippen LogP contribution in [-0.2, 0) is 42.5 Å². The minimum Gasteiger partial charge on any atom is -0.508 e. The molecule has 3 saturated heterocycles. The molecule has 20 nitrogen and oxygen atoms in total. The SMILES string of the molecule is Nc1ncnc2c1ncn2[C@@H]1O[C@@H]2COP(=O)(O)O[C@@H]3C(COP(=O)(SCc4ccc(C(=O)c5ccc(O)cc5)cc4)O[C@@H]1[C@@H]2F)O[C@@H](n1ccc(=O)[nH]c1=O)[C@@H]3F. The number of nitrogens with zero attached hydrogens (tertiary/aromatic N) is 5. The Balaban J connectivity index is 1.12. The standard InChI is InChI=1S/C33H31F2N7O13P2S/c34-23-20-11-50-56(47,48)54-27-21(53-31(24(27)35)41-10-9-22(44)40-33(41)46)12-51-57(49,55-28(23)32(52-20)42-15-39-25-29(36)37-14-38-30(25)42)58-13-16-1-3-17(4-2-16)26(45)18-5-7-19(43)8-6-18/h1-10,14-15,20-21,23-24,27-28,31-32,43H,11-13H2,(H,47,48)(H2,36,37,38)(H,40,44,46)/t20-,21?,23-,24-,27-,28-,31-,32-,57?/m1/s1. The van der Waals surface area contributed by atoms with Crippen LogP contribution >= 0.6 is 26.0 Å². The molecule has 0 spiro atoms. The lowest BCUT2D eigenvalue weighted by molar-refractivity contribution is -0.0620. The van der Waals surface area contributed by atoms with E-state index in [-0.39, 0.29) is 34.3 Å². The van der Waals surface area contributed by atoms with E-state index in [1.807, 2.05) is 4.98 Å². The molecule has 25 heteroatoms. The lowest BCUT2D eigenvalue weighted by Crippen LogP contribution is -2.36. The van der Waals surface area contributed by atoms with E-state index < -0.39 is 88.3 Å². The lowest BCUT2D eigenvalue weighted by atomic mass is 10.0. The molecule has 5 aromatic rings. The van der Waals surface area contributed by atoms with Gasteiger partial charge in [0.1, 0.15) is 42.0 Å². The number of halogens is 2. The molecule has 0 amide bonds. The van der Waals surface area contributed by atoms with E-state index in [4.69, 9.17) is 33.3 Å². The molecule has 3 aliphatic heterocycles. The van der Waals surface area contributed by atoms with Gasteiger partial charge in [0.25, 0.3) is 5.56 Å². The molecule has 2 bridgehead atoms. The van der Waals surface area contributed by atoms with Gasteiger partial charge in [-0.3, -0.25) is 41.8 Å². The number of ketones is 1. The Hall–Kier alpha value is -4.67. The number of rotatable bonds is 7. The van der Waals surface area contributed by atoms with Crippen molar-refractivity contribution < 1.29 is 60.3 Å². The number of phosphoric ester groups is 1. The third kappa shape index (κ3) is 8.02. The van der Waals surface area contributed by atoms with Crippen molar-refractivity contribution in [3.05, 3.63) is 111 Å². The van der Waals surface area contributed by atoms with E-state index in [0.29, 0.717) is 32.6 Å². The number of ether oxygens (including phenoxy) is 2. The number of alkyl halides is 2. The number of nitrogen functional groups attached to an aromatic ring is 1. The van der Waals surface area contributed by atoms with Crippen LogP contribution in [0.5, 0.6) is 5.75 Å². The Bertz CT molecular complexity index is 2570. The van der Waals surface area contributed by atoms with Crippen molar-refractivity contribution in [2.75, 3.05) is 18.9 Å². The van der Waals surface area contributed by atoms with Crippen LogP contribution in [0.2, 0.25) is 0 Å². The van der Waals surface area contributed by atoms with Gasteiger partial charge in [-0.25, -0.2) is 37.7 Å². The van der Waals surface area contributed by atoms with Crippen molar-refractivity contribution in [2.24, 2.45) is 0 Å². The Kier molecular flexibility index (Phi) is 11.0. The maximum absolute atomic E-state index is 16.5. The fourth-order valence-corrected chi connectivity index (χ4v) is 10.8. The number of phenols is 1. The molecule has 3 aliphatic rings. The molecular formula is C33H31F2N7O13P2S. The number of aromatic nitrogens is 6. The molecule has 3 unspecified atom stereocenters. The first-order valence-electron chi connectivity index (χ1n) is 17.2. The molecule has 3 fully saturated rings. The average Bonchev–Trinajstić information content (AvgIpc) is 3.86. The first-order chi connectivity index (χ1) is 27.7. The van der Waals surface area contributed by atoms with Crippen molar-refractivity contribution >= 4 is 48.8 Å². The van der Waals surface area contributed by atoms with Gasteiger partial charge in [0, 0.05) is 29.1 Å². The molecule has 0 radical (unpaired) electrons. The highest BCUT2D eigenvalue weighted by atomic mass is 32.7. The monoisotopic (exact) mass is 865 g/mol. The predicted octanol–water partition coefficient (Wildman–Crippen LogP) is 3.33. The number of carbonyl (C=O) groups is 1. The fourth-order valence-electron chi connectivity index (χ4n) is 6.48. The van der Waals surface area contributed by atoms with Crippen LogP contribution in [0.4, 0.5) is 14.6 Å². The van der Waals surface area contributed by atoms with Gasteiger partial charge < -0.3 is 25.2 Å². The summed E-state index contributed by atoms with van der Waals surface area (Å²) in [4.78, 5) is 62.1. The van der Waals surface area contributed by atoms with Crippen LogP contribution in [0, 0.1) is 0 Å². The molecule has 3 aromatic heterocycles. The van der Waals surface area contributed by atoms with Gasteiger partial charge in [-0.1, -0.05) is 24.3 Å². The highest BCUT2D eigenvalue weighted by molar-refractivity contribution is 8.54. The van der Waals surface area contributed by atoms with E-state index >= 15 is 8.78 Å². The number of H-pyrrole nitrogens is 1. The highest BCUT2D eigenvalue weighted by Gasteiger charge is 2.55. The summed E-state index contributed by atoms with van der Waals surface area (Å²) in [6, 6.07) is 12.8. The molecule has 58 heavy (non-hydrogen) atoms. The summed E-state index contributed by atoms with van der Waals surface area (Å²) in [6.45, 7) is -6.49. The summed E-state index contributed by atoms with van der Waals surface area (Å²) in [5.74, 6) is -0.479. The molecule has 2 aromatic carbocycles. The number of hydrogen-bond donors (Lipinski definition) is 4. The van der Waals surface area contributed by atoms with Gasteiger partial charge in [-0.15, -0.1) is 0 Å². The maximum atomic E-state index is 16.5. The Morgan fingerprint density at radius 2 is 1.57 bits per heavy atom. The Morgan fingerprint density at radius 1 is 0.879 bits per heavy atom. The normalized spacial score (nSPS) is 31.6. The number of phosphoric acid groups is 1. The summed E-state index contributed by atoms with van der Waals surface area (Å²) in [7, 11) is -5.27. The number of aromatic amines is 1. The molecular weight excluding hydrogens is 834 g/mol. The number of phenolic OH excluding ortho intramolecular Hbond substituents is 1. The molecule has 5 N–H and O–H groups in total. The third-order valence-electron chi connectivity index (χ3n) is 9.36. The van der Waals surface area contributed by atoms with E-state index in [9.17, 15) is 33.5 Å². The van der Waals surface area contributed by atoms with E-state index in [1.54, 1.807) is 12.1 Å². The minimum atomic E-state index is -5.27. The van der Waals surface area contributed by atoms with Gasteiger partial charge in [-0.05, 0) is 41.2 Å². The second kappa shape index (κ2) is 15.8. The highest BCUT2D eigenvalue weighted by Crippen LogP contribution is 2.65. The van der Waals surface area contributed by atoms with E-state index in [2.05, 4.69) is 15.0 Å². The molecule has 8 rings (SSSR count). The molecule has 0 saturated carbocycles. The van der Waals surface area contributed by atoms with Crippen LogP contribution in [0.15, 0.2) is 83.0 Å². The minimum absolute atomic E-state index is 0.00881. The zero-order valence-corrected chi connectivity index (χ0v) is 32.0. The van der Waals surface area contributed by atoms with Gasteiger partial charge >= 0.3 is 20.3 Å². The Labute approximate surface area is 328 Å². The summed E-state index contributed by atoms with van der Waals surface area (Å²) in [6.07, 6.45) is -11.8. The number of nitrogens with one attached hydrogen (secondary N) is 1. The van der Waals surface area contributed by atoms with Crippen LogP contribution in [0.25, 0.3) is 11.2 Å². The quantitative estimate of drug-likeness (QED) is 0.135. The van der Waals surface area contributed by atoms with Gasteiger partial charge in [-0.2, -0.15) is 0 Å². The van der Waals surface area contributed by atoms with Crippen molar-refractivity contribution in [2.45, 2.75) is 55.0 Å². The van der Waals surface area contributed by atoms with Crippen molar-refractivity contribution in [3.63, 3.8) is 0 Å².